The highest BCUT2D eigenvalue weighted by Gasteiger charge is 2.03. The van der Waals surface area contributed by atoms with Gasteiger partial charge in [-0.2, -0.15) is 0 Å². The van der Waals surface area contributed by atoms with E-state index in [9.17, 15) is 0 Å². The number of hydrogen-bond acceptors (Lipinski definition) is 2. The summed E-state index contributed by atoms with van der Waals surface area (Å²) >= 11 is 3.38. The maximum atomic E-state index is 4.33. The average Bonchev–Trinajstić information content (AvgIpc) is 2.39. The number of halogens is 1. The topological polar surface area (TPSA) is 24.9 Å². The van der Waals surface area contributed by atoms with E-state index in [1.807, 2.05) is 24.4 Å². The van der Waals surface area contributed by atoms with Crippen LogP contribution in [0.4, 0.5) is 0 Å². The number of pyridine rings is 1. The Morgan fingerprint density at radius 2 is 1.94 bits per heavy atom. The maximum Gasteiger partial charge on any atom is 0.0542 e. The molecule has 0 amide bonds. The largest absolute Gasteiger partial charge is 0.305 e. The fraction of sp³-hybridized carbons (Fsp3) is 0.214. The number of aromatic nitrogens is 1. The Kier molecular flexibility index (Phi) is 4.29. The summed E-state index contributed by atoms with van der Waals surface area (Å²) in [6, 6.07) is 14.8. The van der Waals surface area contributed by atoms with Gasteiger partial charge in [0.15, 0.2) is 0 Å². The standard InChI is InChI=1S/C14H15BrN2/c1-11(12-5-3-2-4-6-12)16-10-14-8-7-13(15)9-17-14/h2-9,11,16H,10H2,1H3/t11-/m1/s1. The summed E-state index contributed by atoms with van der Waals surface area (Å²) in [4.78, 5) is 4.33. The first kappa shape index (κ1) is 12.3. The van der Waals surface area contributed by atoms with E-state index in [-0.39, 0.29) is 0 Å². The van der Waals surface area contributed by atoms with Crippen LogP contribution in [-0.4, -0.2) is 4.98 Å². The number of benzene rings is 1. The molecule has 2 nitrogen and oxygen atoms in total. The lowest BCUT2D eigenvalue weighted by Gasteiger charge is -2.13. The Morgan fingerprint density at radius 1 is 1.18 bits per heavy atom. The van der Waals surface area contributed by atoms with Gasteiger partial charge in [0.05, 0.1) is 5.69 Å². The molecule has 0 aliphatic heterocycles. The van der Waals surface area contributed by atoms with Gasteiger partial charge in [-0.15, -0.1) is 0 Å². The van der Waals surface area contributed by atoms with Crippen molar-refractivity contribution in [2.75, 3.05) is 0 Å². The first-order valence-electron chi connectivity index (χ1n) is 5.64. The highest BCUT2D eigenvalue weighted by molar-refractivity contribution is 9.10. The summed E-state index contributed by atoms with van der Waals surface area (Å²) in [7, 11) is 0. The second-order valence-corrected chi connectivity index (χ2v) is 4.90. The van der Waals surface area contributed by atoms with Gasteiger partial charge in [0, 0.05) is 23.3 Å². The summed E-state index contributed by atoms with van der Waals surface area (Å²) in [6.45, 7) is 2.94. The van der Waals surface area contributed by atoms with E-state index in [1.54, 1.807) is 0 Å². The van der Waals surface area contributed by atoms with Crippen LogP contribution in [0.25, 0.3) is 0 Å². The van der Waals surface area contributed by atoms with Crippen molar-refractivity contribution in [2.45, 2.75) is 19.5 Å². The highest BCUT2D eigenvalue weighted by atomic mass is 79.9. The molecular weight excluding hydrogens is 276 g/mol. The minimum atomic E-state index is 0.335. The minimum Gasteiger partial charge on any atom is -0.305 e. The first-order valence-corrected chi connectivity index (χ1v) is 6.44. The molecule has 1 aromatic carbocycles. The molecule has 0 bridgehead atoms. The lowest BCUT2D eigenvalue weighted by Crippen LogP contribution is -2.18. The zero-order chi connectivity index (χ0) is 12.1. The lowest BCUT2D eigenvalue weighted by molar-refractivity contribution is 0.568. The highest BCUT2D eigenvalue weighted by Crippen LogP contribution is 2.12. The van der Waals surface area contributed by atoms with E-state index in [4.69, 9.17) is 0 Å². The fourth-order valence-corrected chi connectivity index (χ4v) is 1.86. The van der Waals surface area contributed by atoms with Crippen LogP contribution in [0, 0.1) is 0 Å². The number of nitrogens with zero attached hydrogens (tertiary/aromatic N) is 1. The van der Waals surface area contributed by atoms with Crippen LogP contribution >= 0.6 is 15.9 Å². The molecule has 3 heteroatoms. The van der Waals surface area contributed by atoms with Gasteiger partial charge in [0.25, 0.3) is 0 Å². The Balaban J connectivity index is 1.92. The molecule has 0 saturated carbocycles. The molecule has 1 N–H and O–H groups in total. The van der Waals surface area contributed by atoms with Crippen LogP contribution in [0.2, 0.25) is 0 Å². The van der Waals surface area contributed by atoms with E-state index >= 15 is 0 Å². The molecule has 1 atom stereocenters. The molecular formula is C14H15BrN2. The zero-order valence-corrected chi connectivity index (χ0v) is 11.3. The number of nitrogens with one attached hydrogen (secondary N) is 1. The van der Waals surface area contributed by atoms with Gasteiger partial charge in [0.1, 0.15) is 0 Å². The van der Waals surface area contributed by atoms with Crippen molar-refractivity contribution in [3.05, 3.63) is 64.4 Å². The monoisotopic (exact) mass is 290 g/mol. The van der Waals surface area contributed by atoms with Crippen molar-refractivity contribution in [2.24, 2.45) is 0 Å². The van der Waals surface area contributed by atoms with Crippen molar-refractivity contribution in [3.8, 4) is 0 Å². The van der Waals surface area contributed by atoms with Gasteiger partial charge in [-0.05, 0) is 40.5 Å². The van der Waals surface area contributed by atoms with E-state index < -0.39 is 0 Å². The van der Waals surface area contributed by atoms with E-state index in [1.165, 1.54) is 5.56 Å². The summed E-state index contributed by atoms with van der Waals surface area (Å²) < 4.78 is 1.01. The molecule has 0 radical (unpaired) electrons. The predicted octanol–water partition coefficient (Wildman–Crippen LogP) is 3.69. The third-order valence-corrected chi connectivity index (χ3v) is 3.15. The Labute approximate surface area is 110 Å². The number of hydrogen-bond donors (Lipinski definition) is 1. The SMILES string of the molecule is C[C@@H](NCc1ccc(Br)cn1)c1ccccc1. The molecule has 0 fully saturated rings. The van der Waals surface area contributed by atoms with Gasteiger partial charge in [-0.25, -0.2) is 0 Å². The van der Waals surface area contributed by atoms with Crippen LogP contribution < -0.4 is 5.32 Å². The molecule has 1 aromatic heterocycles. The second kappa shape index (κ2) is 5.94. The van der Waals surface area contributed by atoms with Crippen molar-refractivity contribution in [1.82, 2.24) is 10.3 Å². The summed E-state index contributed by atoms with van der Waals surface area (Å²) in [5.41, 5.74) is 2.35. The van der Waals surface area contributed by atoms with Crippen LogP contribution in [0.1, 0.15) is 24.2 Å². The molecule has 0 aliphatic carbocycles. The summed E-state index contributed by atoms with van der Waals surface area (Å²) in [5.74, 6) is 0. The van der Waals surface area contributed by atoms with Crippen molar-refractivity contribution in [1.29, 1.82) is 0 Å². The quantitative estimate of drug-likeness (QED) is 0.929. The maximum absolute atomic E-state index is 4.33. The van der Waals surface area contributed by atoms with Crippen LogP contribution in [0.3, 0.4) is 0 Å². The fourth-order valence-electron chi connectivity index (χ4n) is 1.63. The molecule has 0 unspecified atom stereocenters. The van der Waals surface area contributed by atoms with E-state index in [0.29, 0.717) is 6.04 Å². The van der Waals surface area contributed by atoms with Crippen LogP contribution in [0.5, 0.6) is 0 Å². The van der Waals surface area contributed by atoms with Gasteiger partial charge < -0.3 is 5.32 Å². The molecule has 2 aromatic rings. The third-order valence-electron chi connectivity index (χ3n) is 2.68. The van der Waals surface area contributed by atoms with Gasteiger partial charge >= 0.3 is 0 Å². The average molecular weight is 291 g/mol. The van der Waals surface area contributed by atoms with Crippen molar-refractivity contribution in [3.63, 3.8) is 0 Å². The zero-order valence-electron chi connectivity index (χ0n) is 9.73. The van der Waals surface area contributed by atoms with Gasteiger partial charge in [-0.1, -0.05) is 30.3 Å². The van der Waals surface area contributed by atoms with E-state index in [0.717, 1.165) is 16.7 Å². The Hall–Kier alpha value is -1.19. The summed E-state index contributed by atoms with van der Waals surface area (Å²) in [6.07, 6.45) is 1.82. The molecule has 0 spiro atoms. The molecule has 88 valence electrons. The minimum absolute atomic E-state index is 0.335. The van der Waals surface area contributed by atoms with Crippen molar-refractivity contribution >= 4 is 15.9 Å². The smallest absolute Gasteiger partial charge is 0.0542 e. The van der Waals surface area contributed by atoms with E-state index in [2.05, 4.69) is 57.4 Å². The number of rotatable bonds is 4. The Morgan fingerprint density at radius 3 is 2.59 bits per heavy atom. The predicted molar refractivity (Wildman–Crippen MR) is 73.6 cm³/mol. The Bertz CT molecular complexity index is 453. The van der Waals surface area contributed by atoms with Crippen molar-refractivity contribution < 1.29 is 0 Å². The van der Waals surface area contributed by atoms with Gasteiger partial charge in [0.2, 0.25) is 0 Å². The summed E-state index contributed by atoms with van der Waals surface area (Å²) in [5, 5.41) is 3.46. The molecule has 17 heavy (non-hydrogen) atoms. The van der Waals surface area contributed by atoms with Gasteiger partial charge in [-0.3, -0.25) is 4.98 Å². The molecule has 1 heterocycles. The normalized spacial score (nSPS) is 12.4. The third kappa shape index (κ3) is 3.65. The van der Waals surface area contributed by atoms with Crippen LogP contribution in [0.15, 0.2) is 53.1 Å². The second-order valence-electron chi connectivity index (χ2n) is 3.98. The molecule has 0 aliphatic rings. The molecule has 2 rings (SSSR count). The molecule has 0 saturated heterocycles. The van der Waals surface area contributed by atoms with Crippen LogP contribution in [-0.2, 0) is 6.54 Å². The lowest BCUT2D eigenvalue weighted by atomic mass is 10.1. The first-order chi connectivity index (χ1) is 8.25.